The number of carbonyl (C=O) groups excluding carboxylic acids is 2. The highest BCUT2D eigenvalue weighted by molar-refractivity contribution is 8.26. The van der Waals surface area contributed by atoms with Gasteiger partial charge in [0.25, 0.3) is 11.8 Å². The molecule has 0 bridgehead atoms. The Morgan fingerprint density at radius 2 is 1.88 bits per heavy atom. The van der Waals surface area contributed by atoms with Crippen molar-refractivity contribution in [2.24, 2.45) is 0 Å². The van der Waals surface area contributed by atoms with Gasteiger partial charge in [-0.15, -0.1) is 0 Å². The van der Waals surface area contributed by atoms with Crippen LogP contribution in [0.5, 0.6) is 0 Å². The highest BCUT2D eigenvalue weighted by Crippen LogP contribution is 2.31. The van der Waals surface area contributed by atoms with Crippen molar-refractivity contribution in [2.45, 2.75) is 0 Å². The van der Waals surface area contributed by atoms with Crippen molar-refractivity contribution in [3.05, 3.63) is 69.8 Å². The first kappa shape index (κ1) is 16.6. The Labute approximate surface area is 152 Å². The minimum absolute atomic E-state index is 0.266. The number of halogens is 1. The van der Waals surface area contributed by atoms with E-state index < -0.39 is 5.91 Å². The average molecular weight is 376 g/mol. The zero-order chi connectivity index (χ0) is 17.1. The molecule has 120 valence electrons. The van der Waals surface area contributed by atoms with Crippen LogP contribution in [0.4, 0.5) is 0 Å². The fraction of sp³-hybridized carbons (Fsp3) is 0. The van der Waals surface area contributed by atoms with Crippen molar-refractivity contribution in [1.29, 1.82) is 0 Å². The van der Waals surface area contributed by atoms with E-state index in [0.29, 0.717) is 15.5 Å². The van der Waals surface area contributed by atoms with Crippen LogP contribution in [0.15, 0.2) is 53.7 Å². The topological polar surface area (TPSA) is 62.3 Å². The van der Waals surface area contributed by atoms with Gasteiger partial charge in [-0.2, -0.15) is 5.01 Å². The van der Waals surface area contributed by atoms with Crippen molar-refractivity contribution < 1.29 is 9.59 Å². The van der Waals surface area contributed by atoms with E-state index in [1.807, 2.05) is 0 Å². The van der Waals surface area contributed by atoms with Crippen LogP contribution >= 0.6 is 35.6 Å². The highest BCUT2D eigenvalue weighted by Gasteiger charge is 2.33. The molecule has 1 aromatic heterocycles. The van der Waals surface area contributed by atoms with E-state index in [2.05, 4.69) is 10.4 Å². The van der Waals surface area contributed by atoms with Gasteiger partial charge in [0.15, 0.2) is 4.32 Å². The molecule has 0 saturated carbocycles. The van der Waals surface area contributed by atoms with E-state index in [4.69, 9.17) is 23.8 Å². The molecule has 5 nitrogen and oxygen atoms in total. The second kappa shape index (κ2) is 7.12. The molecule has 0 unspecified atom stereocenters. The second-order valence-corrected chi connectivity index (χ2v) is 6.86. The fourth-order valence-corrected chi connectivity index (χ4v) is 3.25. The maximum atomic E-state index is 12.4. The Hall–Kier alpha value is -2.22. The van der Waals surface area contributed by atoms with Crippen LogP contribution in [0.1, 0.15) is 15.9 Å². The van der Waals surface area contributed by atoms with E-state index >= 15 is 0 Å². The van der Waals surface area contributed by atoms with Crippen molar-refractivity contribution in [3.8, 4) is 0 Å². The number of nitrogens with one attached hydrogen (secondary N) is 1. The van der Waals surface area contributed by atoms with E-state index in [0.717, 1.165) is 22.3 Å². The average Bonchev–Trinajstić information content (AvgIpc) is 2.84. The second-order valence-electron chi connectivity index (χ2n) is 4.75. The monoisotopic (exact) mass is 375 g/mol. The molecule has 8 heteroatoms. The van der Waals surface area contributed by atoms with Gasteiger partial charge in [0.1, 0.15) is 0 Å². The summed E-state index contributed by atoms with van der Waals surface area (Å²) in [6, 6.07) is 9.90. The number of hydrogen-bond acceptors (Lipinski definition) is 5. The number of benzene rings is 1. The molecular formula is C16H10ClN3O2S2. The van der Waals surface area contributed by atoms with Gasteiger partial charge in [0.05, 0.1) is 4.91 Å². The third-order valence-corrected chi connectivity index (χ3v) is 4.67. The molecule has 1 fully saturated rings. The lowest BCUT2D eigenvalue weighted by Gasteiger charge is -2.15. The van der Waals surface area contributed by atoms with Crippen LogP contribution in [0, 0.1) is 0 Å². The minimum atomic E-state index is -0.437. The summed E-state index contributed by atoms with van der Waals surface area (Å²) in [5.74, 6) is -0.808. The van der Waals surface area contributed by atoms with Gasteiger partial charge >= 0.3 is 0 Å². The predicted molar refractivity (Wildman–Crippen MR) is 98.2 cm³/mol. The van der Waals surface area contributed by atoms with Gasteiger partial charge in [-0.3, -0.25) is 20.0 Å². The molecule has 24 heavy (non-hydrogen) atoms. The SMILES string of the molecule is O=C(NN1C(=O)C(=Cc2ccncc2)SC1=S)c1ccc(Cl)cc1. The Kier molecular flexibility index (Phi) is 4.94. The quantitative estimate of drug-likeness (QED) is 0.659. The summed E-state index contributed by atoms with van der Waals surface area (Å²) in [6.07, 6.45) is 4.97. The summed E-state index contributed by atoms with van der Waals surface area (Å²) in [7, 11) is 0. The Balaban J connectivity index is 1.76. The Morgan fingerprint density at radius 3 is 2.54 bits per heavy atom. The number of amides is 2. The van der Waals surface area contributed by atoms with Crippen molar-refractivity contribution >= 4 is 57.8 Å². The zero-order valence-corrected chi connectivity index (χ0v) is 14.5. The molecule has 1 N–H and O–H groups in total. The van der Waals surface area contributed by atoms with Gasteiger partial charge < -0.3 is 0 Å². The normalized spacial score (nSPS) is 15.9. The number of hydrazine groups is 1. The number of thiocarbonyl (C=S) groups is 1. The maximum Gasteiger partial charge on any atom is 0.285 e. The van der Waals surface area contributed by atoms with E-state index in [1.165, 1.54) is 0 Å². The fourth-order valence-electron chi connectivity index (χ4n) is 1.94. The lowest BCUT2D eigenvalue weighted by molar-refractivity contribution is -0.123. The number of nitrogens with zero attached hydrogens (tertiary/aromatic N) is 2. The molecule has 0 atom stereocenters. The molecule has 1 aromatic carbocycles. The molecule has 0 spiro atoms. The molecule has 1 aliphatic heterocycles. The smallest absolute Gasteiger partial charge is 0.267 e. The number of pyridine rings is 1. The number of aromatic nitrogens is 1. The van der Waals surface area contributed by atoms with Gasteiger partial charge in [0, 0.05) is 23.0 Å². The third kappa shape index (κ3) is 3.64. The first-order valence-corrected chi connectivity index (χ1v) is 8.39. The summed E-state index contributed by atoms with van der Waals surface area (Å²) in [4.78, 5) is 29.0. The van der Waals surface area contributed by atoms with Crippen molar-refractivity contribution in [1.82, 2.24) is 15.4 Å². The van der Waals surface area contributed by atoms with Crippen molar-refractivity contribution in [2.75, 3.05) is 0 Å². The Bertz CT molecular complexity index is 838. The molecule has 0 radical (unpaired) electrons. The molecule has 1 aliphatic rings. The largest absolute Gasteiger partial charge is 0.285 e. The first-order valence-electron chi connectivity index (χ1n) is 6.79. The number of carbonyl (C=O) groups is 2. The van der Waals surface area contributed by atoms with Crippen LogP contribution in [0.3, 0.4) is 0 Å². The summed E-state index contributed by atoms with van der Waals surface area (Å²) >= 11 is 12.1. The van der Waals surface area contributed by atoms with Gasteiger partial charge in [-0.05, 0) is 60.3 Å². The molecule has 1 saturated heterocycles. The van der Waals surface area contributed by atoms with E-state index in [9.17, 15) is 9.59 Å². The highest BCUT2D eigenvalue weighted by atomic mass is 35.5. The summed E-state index contributed by atoms with van der Waals surface area (Å²) in [5.41, 5.74) is 3.73. The predicted octanol–water partition coefficient (Wildman–Crippen LogP) is 3.28. The first-order chi connectivity index (χ1) is 11.5. The van der Waals surface area contributed by atoms with E-state index in [1.54, 1.807) is 54.9 Å². The van der Waals surface area contributed by atoms with Crippen LogP contribution < -0.4 is 5.43 Å². The zero-order valence-electron chi connectivity index (χ0n) is 12.1. The van der Waals surface area contributed by atoms with Gasteiger partial charge in [-0.25, -0.2) is 0 Å². The lowest BCUT2D eigenvalue weighted by atomic mass is 10.2. The van der Waals surface area contributed by atoms with Gasteiger partial charge in [0.2, 0.25) is 0 Å². The summed E-state index contributed by atoms with van der Waals surface area (Å²) in [6.45, 7) is 0. The minimum Gasteiger partial charge on any atom is -0.267 e. The molecule has 0 aliphatic carbocycles. The molecule has 3 rings (SSSR count). The number of hydrogen-bond donors (Lipinski definition) is 1. The van der Waals surface area contributed by atoms with Crippen LogP contribution in [-0.4, -0.2) is 26.1 Å². The van der Waals surface area contributed by atoms with Crippen LogP contribution in [0.25, 0.3) is 6.08 Å². The third-order valence-electron chi connectivity index (χ3n) is 3.12. The number of rotatable bonds is 3. The molecule has 2 aromatic rings. The van der Waals surface area contributed by atoms with Crippen molar-refractivity contribution in [3.63, 3.8) is 0 Å². The standard InChI is InChI=1S/C16H10ClN3O2S2/c17-12-3-1-11(2-4-12)14(21)19-20-15(22)13(24-16(20)23)9-10-5-7-18-8-6-10/h1-9H,(H,19,21). The summed E-state index contributed by atoms with van der Waals surface area (Å²) in [5, 5.41) is 1.60. The summed E-state index contributed by atoms with van der Waals surface area (Å²) < 4.78 is 0.266. The molecular weight excluding hydrogens is 366 g/mol. The maximum absolute atomic E-state index is 12.4. The number of thioether (sulfide) groups is 1. The van der Waals surface area contributed by atoms with Crippen LogP contribution in [-0.2, 0) is 4.79 Å². The Morgan fingerprint density at radius 1 is 1.21 bits per heavy atom. The van der Waals surface area contributed by atoms with Crippen LogP contribution in [0.2, 0.25) is 5.02 Å². The lowest BCUT2D eigenvalue weighted by Crippen LogP contribution is -2.44. The van der Waals surface area contributed by atoms with E-state index in [-0.39, 0.29) is 10.2 Å². The molecule has 2 heterocycles. The molecule has 2 amide bonds. The van der Waals surface area contributed by atoms with Gasteiger partial charge in [-0.1, -0.05) is 23.4 Å².